The fraction of sp³-hybridized carbons (Fsp3) is 0.455. The third-order valence-corrected chi connectivity index (χ3v) is 2.44. The lowest BCUT2D eigenvalue weighted by molar-refractivity contribution is -0.270. The molecule has 0 atom stereocenters. The summed E-state index contributed by atoms with van der Waals surface area (Å²) in [5.74, 6) is -0.628. The van der Waals surface area contributed by atoms with Gasteiger partial charge in [0, 0.05) is 5.56 Å². The maximum atomic E-state index is 5.68. The van der Waals surface area contributed by atoms with E-state index in [1.54, 1.807) is 0 Å². The summed E-state index contributed by atoms with van der Waals surface area (Å²) in [4.78, 5) is 0. The molecule has 1 saturated heterocycles. The molecule has 3 nitrogen and oxygen atoms in total. The minimum Gasteiger partial charge on any atom is -0.344 e. The van der Waals surface area contributed by atoms with E-state index >= 15 is 0 Å². The molecule has 1 aromatic rings. The van der Waals surface area contributed by atoms with Crippen LogP contribution in [0.2, 0.25) is 0 Å². The molecule has 0 bridgehead atoms. The van der Waals surface area contributed by atoms with E-state index < -0.39 is 5.79 Å². The van der Waals surface area contributed by atoms with Gasteiger partial charge in [-0.05, 0) is 6.92 Å². The molecule has 0 saturated carbocycles. The van der Waals surface area contributed by atoms with Gasteiger partial charge in [0.25, 0.3) is 0 Å². The number of rotatable bonds is 1. The van der Waals surface area contributed by atoms with Crippen LogP contribution in [0.3, 0.4) is 0 Å². The van der Waals surface area contributed by atoms with Gasteiger partial charge in [0.05, 0.1) is 19.3 Å². The molecule has 2 N–H and O–H groups in total. The van der Waals surface area contributed by atoms with E-state index in [4.69, 9.17) is 15.2 Å². The minimum atomic E-state index is -0.628. The van der Waals surface area contributed by atoms with Crippen LogP contribution < -0.4 is 5.73 Å². The summed E-state index contributed by atoms with van der Waals surface area (Å²) in [5.41, 5.74) is 6.72. The third-order valence-electron chi connectivity index (χ3n) is 2.44. The van der Waals surface area contributed by atoms with Gasteiger partial charge in [0.1, 0.15) is 0 Å². The predicted molar refractivity (Wildman–Crippen MR) is 53.7 cm³/mol. The fourth-order valence-corrected chi connectivity index (χ4v) is 1.53. The molecular weight excluding hydrogens is 178 g/mol. The molecule has 14 heavy (non-hydrogen) atoms. The van der Waals surface area contributed by atoms with Crippen molar-refractivity contribution in [2.45, 2.75) is 18.8 Å². The lowest BCUT2D eigenvalue weighted by atomic mass is 10.1. The van der Waals surface area contributed by atoms with Gasteiger partial charge in [-0.2, -0.15) is 0 Å². The van der Waals surface area contributed by atoms with Crippen LogP contribution in [0.15, 0.2) is 30.3 Å². The second-order valence-electron chi connectivity index (χ2n) is 3.69. The largest absolute Gasteiger partial charge is 0.344 e. The van der Waals surface area contributed by atoms with Gasteiger partial charge in [0.15, 0.2) is 5.79 Å². The van der Waals surface area contributed by atoms with Gasteiger partial charge in [-0.25, -0.2) is 0 Å². The summed E-state index contributed by atoms with van der Waals surface area (Å²) in [5, 5.41) is 0. The molecule has 1 aliphatic heterocycles. The van der Waals surface area contributed by atoms with Crippen LogP contribution in [0.5, 0.6) is 0 Å². The molecule has 1 heterocycles. The van der Waals surface area contributed by atoms with Crippen molar-refractivity contribution in [3.05, 3.63) is 35.9 Å². The Morgan fingerprint density at radius 2 is 1.79 bits per heavy atom. The Morgan fingerprint density at radius 1 is 1.21 bits per heavy atom. The SMILES string of the molecule is CC1(c2ccccc2)OCC(N)CO1. The molecular formula is C11H15NO2. The normalized spacial score (nSPS) is 32.9. The average molecular weight is 193 g/mol. The van der Waals surface area contributed by atoms with Crippen LogP contribution in [0, 0.1) is 0 Å². The average Bonchev–Trinajstić information content (AvgIpc) is 2.24. The Morgan fingerprint density at radius 3 is 2.36 bits per heavy atom. The maximum absolute atomic E-state index is 5.68. The van der Waals surface area contributed by atoms with Crippen molar-refractivity contribution in [1.29, 1.82) is 0 Å². The molecule has 0 unspecified atom stereocenters. The second-order valence-corrected chi connectivity index (χ2v) is 3.69. The second kappa shape index (κ2) is 3.69. The van der Waals surface area contributed by atoms with Gasteiger partial charge < -0.3 is 15.2 Å². The molecule has 0 spiro atoms. The van der Waals surface area contributed by atoms with Crippen LogP contribution in [0.4, 0.5) is 0 Å². The molecule has 0 aliphatic carbocycles. The minimum absolute atomic E-state index is 0.00760. The number of benzene rings is 1. The highest BCUT2D eigenvalue weighted by atomic mass is 16.7. The van der Waals surface area contributed by atoms with Crippen LogP contribution in [0.25, 0.3) is 0 Å². The molecule has 2 rings (SSSR count). The smallest absolute Gasteiger partial charge is 0.192 e. The molecule has 3 heteroatoms. The van der Waals surface area contributed by atoms with E-state index in [0.29, 0.717) is 13.2 Å². The summed E-state index contributed by atoms with van der Waals surface area (Å²) < 4.78 is 11.2. The Kier molecular flexibility index (Phi) is 2.54. The predicted octanol–water partition coefficient (Wildman–Crippen LogP) is 1.23. The first kappa shape index (κ1) is 9.65. The first-order chi connectivity index (χ1) is 6.71. The first-order valence-corrected chi connectivity index (χ1v) is 4.80. The zero-order chi connectivity index (χ0) is 10.0. The van der Waals surface area contributed by atoms with Crippen LogP contribution in [-0.4, -0.2) is 19.3 Å². The molecule has 0 amide bonds. The zero-order valence-electron chi connectivity index (χ0n) is 8.27. The summed E-state index contributed by atoms with van der Waals surface area (Å²) in [6.07, 6.45) is 0. The van der Waals surface area contributed by atoms with E-state index in [2.05, 4.69) is 0 Å². The van der Waals surface area contributed by atoms with Crippen molar-refractivity contribution in [3.63, 3.8) is 0 Å². The summed E-state index contributed by atoms with van der Waals surface area (Å²) in [6.45, 7) is 3.02. The highest BCUT2D eigenvalue weighted by molar-refractivity contribution is 5.19. The van der Waals surface area contributed by atoms with Gasteiger partial charge in [-0.3, -0.25) is 0 Å². The van der Waals surface area contributed by atoms with Crippen LogP contribution in [-0.2, 0) is 15.3 Å². The van der Waals surface area contributed by atoms with E-state index in [1.807, 2.05) is 37.3 Å². The van der Waals surface area contributed by atoms with E-state index in [9.17, 15) is 0 Å². The molecule has 0 aromatic heterocycles. The third kappa shape index (κ3) is 1.80. The Balaban J connectivity index is 2.17. The lowest BCUT2D eigenvalue weighted by Crippen LogP contribution is -2.45. The zero-order valence-corrected chi connectivity index (χ0v) is 8.27. The van der Waals surface area contributed by atoms with Crippen molar-refractivity contribution in [1.82, 2.24) is 0 Å². The summed E-state index contributed by atoms with van der Waals surface area (Å²) in [7, 11) is 0. The lowest BCUT2D eigenvalue weighted by Gasteiger charge is -2.36. The monoisotopic (exact) mass is 193 g/mol. The number of ether oxygens (including phenoxy) is 2. The van der Waals surface area contributed by atoms with Crippen molar-refractivity contribution >= 4 is 0 Å². The Hall–Kier alpha value is -0.900. The topological polar surface area (TPSA) is 44.5 Å². The number of hydrogen-bond acceptors (Lipinski definition) is 3. The van der Waals surface area contributed by atoms with Gasteiger partial charge in [-0.1, -0.05) is 30.3 Å². The number of hydrogen-bond donors (Lipinski definition) is 1. The van der Waals surface area contributed by atoms with Gasteiger partial charge >= 0.3 is 0 Å². The standard InChI is InChI=1S/C11H15NO2/c1-11(9-5-3-2-4-6-9)13-7-10(12)8-14-11/h2-6,10H,7-8,12H2,1H3. The Bertz CT molecular complexity index is 291. The summed E-state index contributed by atoms with van der Waals surface area (Å²) in [6, 6.07) is 9.91. The maximum Gasteiger partial charge on any atom is 0.192 e. The van der Waals surface area contributed by atoms with E-state index in [0.717, 1.165) is 5.56 Å². The molecule has 1 aromatic carbocycles. The summed E-state index contributed by atoms with van der Waals surface area (Å²) >= 11 is 0. The van der Waals surface area contributed by atoms with Crippen LogP contribution in [0.1, 0.15) is 12.5 Å². The quantitative estimate of drug-likeness (QED) is 0.729. The first-order valence-electron chi connectivity index (χ1n) is 4.80. The van der Waals surface area contributed by atoms with E-state index in [-0.39, 0.29) is 6.04 Å². The fourth-order valence-electron chi connectivity index (χ4n) is 1.53. The highest BCUT2D eigenvalue weighted by Crippen LogP contribution is 2.29. The van der Waals surface area contributed by atoms with Crippen molar-refractivity contribution in [3.8, 4) is 0 Å². The molecule has 1 fully saturated rings. The van der Waals surface area contributed by atoms with Crippen molar-refractivity contribution < 1.29 is 9.47 Å². The van der Waals surface area contributed by atoms with Crippen molar-refractivity contribution in [2.24, 2.45) is 5.73 Å². The van der Waals surface area contributed by atoms with Gasteiger partial charge in [-0.15, -0.1) is 0 Å². The molecule has 1 aliphatic rings. The van der Waals surface area contributed by atoms with E-state index in [1.165, 1.54) is 0 Å². The van der Waals surface area contributed by atoms with Crippen LogP contribution >= 0.6 is 0 Å². The highest BCUT2D eigenvalue weighted by Gasteiger charge is 2.33. The number of nitrogens with two attached hydrogens (primary N) is 1. The Labute approximate surface area is 83.8 Å². The van der Waals surface area contributed by atoms with Gasteiger partial charge in [0.2, 0.25) is 0 Å². The molecule has 0 radical (unpaired) electrons. The molecule has 76 valence electrons. The van der Waals surface area contributed by atoms with Crippen molar-refractivity contribution in [2.75, 3.05) is 13.2 Å².